The van der Waals surface area contributed by atoms with E-state index in [4.69, 9.17) is 26.2 Å². The molecule has 1 saturated heterocycles. The fraction of sp³-hybridized carbons (Fsp3) is 0.556. The molecule has 10 heteroatoms. The average molecular weight is 404 g/mol. The number of halogens is 1. The lowest BCUT2D eigenvalue weighted by molar-refractivity contribution is 0.0598. The highest BCUT2D eigenvalue weighted by molar-refractivity contribution is 6.34. The van der Waals surface area contributed by atoms with Gasteiger partial charge in [0.1, 0.15) is 5.69 Å². The molecule has 3 aromatic rings. The lowest BCUT2D eigenvalue weighted by Crippen LogP contribution is -2.21. The van der Waals surface area contributed by atoms with E-state index in [1.807, 2.05) is 11.6 Å². The molecule has 1 N–H and O–H groups in total. The largest absolute Gasteiger partial charge is 0.475 e. The van der Waals surface area contributed by atoms with Crippen LogP contribution >= 0.6 is 11.6 Å². The van der Waals surface area contributed by atoms with E-state index in [2.05, 4.69) is 20.4 Å². The maximum absolute atomic E-state index is 6.22. The molecule has 0 atom stereocenters. The van der Waals surface area contributed by atoms with E-state index in [0.29, 0.717) is 36.1 Å². The summed E-state index contributed by atoms with van der Waals surface area (Å²) >= 11 is 6.22. The number of nitrogens with one attached hydrogen (secondary N) is 1. The van der Waals surface area contributed by atoms with Crippen LogP contribution < -0.4 is 10.1 Å². The van der Waals surface area contributed by atoms with Gasteiger partial charge in [-0.3, -0.25) is 4.68 Å². The van der Waals surface area contributed by atoms with Gasteiger partial charge in [0.25, 0.3) is 5.88 Å². The average Bonchev–Trinajstić information content (AvgIpc) is 3.16. The minimum absolute atomic E-state index is 0.417. The third-order valence-corrected chi connectivity index (χ3v) is 5.66. The number of aryl methyl sites for hydroxylation is 1. The van der Waals surface area contributed by atoms with E-state index in [0.717, 1.165) is 61.4 Å². The highest BCUT2D eigenvalue weighted by Crippen LogP contribution is 2.32. The number of anilines is 2. The van der Waals surface area contributed by atoms with Crippen molar-refractivity contribution < 1.29 is 9.47 Å². The van der Waals surface area contributed by atoms with Gasteiger partial charge in [0.05, 0.1) is 17.7 Å². The molecule has 5 heterocycles. The second-order valence-corrected chi connectivity index (χ2v) is 7.63. The Balaban J connectivity index is 1.50. The molecule has 0 saturated carbocycles. The molecule has 0 aromatic carbocycles. The van der Waals surface area contributed by atoms with E-state index in [1.54, 1.807) is 10.9 Å². The van der Waals surface area contributed by atoms with Crippen molar-refractivity contribution in [3.8, 4) is 5.88 Å². The minimum Gasteiger partial charge on any atom is -0.475 e. The number of ether oxygens (including phenoxy) is 2. The predicted octanol–water partition coefficient (Wildman–Crippen LogP) is 2.94. The normalized spacial score (nSPS) is 17.8. The molecule has 3 aromatic heterocycles. The number of hydrogen-bond acceptors (Lipinski definition) is 7. The molecule has 2 bridgehead atoms. The summed E-state index contributed by atoms with van der Waals surface area (Å²) in [5, 5.41) is 13.5. The Bertz CT molecular complexity index is 1010. The van der Waals surface area contributed by atoms with E-state index in [1.165, 1.54) is 0 Å². The number of aromatic nitrogens is 6. The van der Waals surface area contributed by atoms with Crippen LogP contribution in [0, 0.1) is 12.8 Å². The van der Waals surface area contributed by atoms with Gasteiger partial charge in [-0.2, -0.15) is 10.1 Å². The van der Waals surface area contributed by atoms with Gasteiger partial charge in [0, 0.05) is 38.9 Å². The molecule has 28 heavy (non-hydrogen) atoms. The third kappa shape index (κ3) is 3.18. The second-order valence-electron chi connectivity index (χ2n) is 7.28. The van der Waals surface area contributed by atoms with Crippen LogP contribution in [0.25, 0.3) is 11.0 Å². The second kappa shape index (κ2) is 7.21. The first-order chi connectivity index (χ1) is 13.7. The molecule has 0 radical (unpaired) electrons. The van der Waals surface area contributed by atoms with E-state index in [-0.39, 0.29) is 0 Å². The number of hydrogen-bond donors (Lipinski definition) is 1. The standard InChI is InChI=1S/C18H22ClN7O2/c1-11-14-17(24-26(11)10-12-3-7-27-8-4-12)28-6-2-5-25-16-13(15(19)23-25)9-20-18(21-14)22-16/h9,12H,2-8,10H2,1H3,(H,20,21,22). The lowest BCUT2D eigenvalue weighted by atomic mass is 10.0. The van der Waals surface area contributed by atoms with Gasteiger partial charge in [-0.05, 0) is 25.7 Å². The Hall–Kier alpha value is -2.39. The maximum Gasteiger partial charge on any atom is 0.257 e. The molecular weight excluding hydrogens is 382 g/mol. The van der Waals surface area contributed by atoms with Gasteiger partial charge in [-0.15, -0.1) is 5.10 Å². The molecule has 1 fully saturated rings. The highest BCUT2D eigenvalue weighted by atomic mass is 35.5. The first kappa shape index (κ1) is 17.7. The van der Waals surface area contributed by atoms with Gasteiger partial charge in [0.2, 0.25) is 5.95 Å². The van der Waals surface area contributed by atoms with Crippen molar-refractivity contribution >= 4 is 34.3 Å². The van der Waals surface area contributed by atoms with Gasteiger partial charge in [-0.1, -0.05) is 11.6 Å². The number of rotatable bonds is 2. The van der Waals surface area contributed by atoms with Crippen LogP contribution in [0.5, 0.6) is 5.88 Å². The summed E-state index contributed by atoms with van der Waals surface area (Å²) in [4.78, 5) is 9.03. The fourth-order valence-corrected chi connectivity index (χ4v) is 3.97. The summed E-state index contributed by atoms with van der Waals surface area (Å²) < 4.78 is 15.3. The molecule has 9 nitrogen and oxygen atoms in total. The van der Waals surface area contributed by atoms with Crippen LogP contribution in [-0.4, -0.2) is 49.3 Å². The van der Waals surface area contributed by atoms with E-state index in [9.17, 15) is 0 Å². The van der Waals surface area contributed by atoms with Crippen molar-refractivity contribution in [1.29, 1.82) is 0 Å². The first-order valence-corrected chi connectivity index (χ1v) is 10.0. The van der Waals surface area contributed by atoms with Gasteiger partial charge >= 0.3 is 0 Å². The summed E-state index contributed by atoms with van der Waals surface area (Å²) in [5.74, 6) is 1.63. The van der Waals surface area contributed by atoms with Gasteiger partial charge in [0.15, 0.2) is 10.8 Å². The zero-order valence-electron chi connectivity index (χ0n) is 15.7. The molecule has 5 rings (SSSR count). The van der Waals surface area contributed by atoms with E-state index < -0.39 is 0 Å². The smallest absolute Gasteiger partial charge is 0.257 e. The van der Waals surface area contributed by atoms with Crippen LogP contribution in [0.3, 0.4) is 0 Å². The van der Waals surface area contributed by atoms with Crippen molar-refractivity contribution in [2.24, 2.45) is 5.92 Å². The summed E-state index contributed by atoms with van der Waals surface area (Å²) in [7, 11) is 0. The Morgan fingerprint density at radius 1 is 1.25 bits per heavy atom. The van der Waals surface area contributed by atoms with Crippen LogP contribution in [0.4, 0.5) is 11.6 Å². The highest BCUT2D eigenvalue weighted by Gasteiger charge is 2.22. The molecule has 0 amide bonds. The quantitative estimate of drug-likeness (QED) is 0.703. The SMILES string of the molecule is Cc1c2c(nn1CC1CCOCC1)OCCCn1nc(Cl)c3cnc(nc31)N2. The van der Waals surface area contributed by atoms with E-state index >= 15 is 0 Å². The zero-order valence-corrected chi connectivity index (χ0v) is 16.4. The molecule has 0 unspecified atom stereocenters. The third-order valence-electron chi connectivity index (χ3n) is 5.38. The molecule has 0 aliphatic carbocycles. The number of nitrogens with zero attached hydrogens (tertiary/aromatic N) is 6. The fourth-order valence-electron chi connectivity index (χ4n) is 3.75. The minimum atomic E-state index is 0.417. The lowest BCUT2D eigenvalue weighted by Gasteiger charge is -2.22. The van der Waals surface area contributed by atoms with Crippen LogP contribution in [0.15, 0.2) is 6.20 Å². The van der Waals surface area contributed by atoms with Crippen molar-refractivity contribution in [2.45, 2.75) is 39.3 Å². The molecule has 148 valence electrons. The maximum atomic E-state index is 6.22. The van der Waals surface area contributed by atoms with Gasteiger partial charge in [-0.25, -0.2) is 9.67 Å². The summed E-state index contributed by atoms with van der Waals surface area (Å²) in [6.07, 6.45) is 4.60. The monoisotopic (exact) mass is 403 g/mol. The van der Waals surface area contributed by atoms with Crippen molar-refractivity contribution in [3.63, 3.8) is 0 Å². The Labute approximate surface area is 167 Å². The van der Waals surface area contributed by atoms with Crippen molar-refractivity contribution in [2.75, 3.05) is 25.1 Å². The summed E-state index contributed by atoms with van der Waals surface area (Å²) in [6, 6.07) is 0. The summed E-state index contributed by atoms with van der Waals surface area (Å²) in [5.41, 5.74) is 2.54. The zero-order chi connectivity index (χ0) is 19.1. The van der Waals surface area contributed by atoms with Crippen LogP contribution in [-0.2, 0) is 17.8 Å². The number of fused-ring (bicyclic) bond motifs is 2. The topological polar surface area (TPSA) is 91.9 Å². The molecule has 2 aliphatic rings. The van der Waals surface area contributed by atoms with Crippen molar-refractivity contribution in [3.05, 3.63) is 17.0 Å². The van der Waals surface area contributed by atoms with Crippen LogP contribution in [0.2, 0.25) is 5.15 Å². The Kier molecular flexibility index (Phi) is 4.56. The first-order valence-electron chi connectivity index (χ1n) is 9.63. The molecular formula is C18H22ClN7O2. The van der Waals surface area contributed by atoms with Crippen molar-refractivity contribution in [1.82, 2.24) is 29.5 Å². The summed E-state index contributed by atoms with van der Waals surface area (Å²) in [6.45, 7) is 5.74. The Morgan fingerprint density at radius 3 is 2.96 bits per heavy atom. The van der Waals surface area contributed by atoms with Crippen LogP contribution in [0.1, 0.15) is 25.0 Å². The Morgan fingerprint density at radius 2 is 2.11 bits per heavy atom. The molecule has 0 spiro atoms. The van der Waals surface area contributed by atoms with Gasteiger partial charge < -0.3 is 14.8 Å². The predicted molar refractivity (Wildman–Crippen MR) is 104 cm³/mol. The molecule has 2 aliphatic heterocycles.